The normalized spacial score (nSPS) is 15.2. The molecule has 0 aliphatic carbocycles. The zero-order chi connectivity index (χ0) is 14.2. The molecule has 0 fully saturated rings. The first kappa shape index (κ1) is 11.9. The monoisotopic (exact) mass is 271 g/mol. The molecule has 0 aromatic heterocycles. The molecule has 21 heavy (non-hydrogen) atoms. The Labute approximate surface area is 122 Å². The highest BCUT2D eigenvalue weighted by Crippen LogP contribution is 2.30. The van der Waals surface area contributed by atoms with E-state index in [-0.39, 0.29) is 5.78 Å². The average molecular weight is 271 g/mol. The van der Waals surface area contributed by atoms with E-state index in [2.05, 4.69) is 23.5 Å². The maximum absolute atomic E-state index is 12.4. The number of rotatable bonds is 1. The van der Waals surface area contributed by atoms with Crippen LogP contribution in [0.25, 0.3) is 16.8 Å². The van der Waals surface area contributed by atoms with Crippen LogP contribution in [0, 0.1) is 0 Å². The van der Waals surface area contributed by atoms with Crippen LogP contribution in [0.3, 0.4) is 0 Å². The number of hydrogen-bond acceptors (Lipinski definition) is 2. The molecule has 0 unspecified atom stereocenters. The molecule has 2 heteroatoms. The van der Waals surface area contributed by atoms with Gasteiger partial charge in [-0.15, -0.1) is 0 Å². The minimum Gasteiger partial charge on any atom is -0.352 e. The zero-order valence-corrected chi connectivity index (χ0v) is 11.3. The molecule has 2 nitrogen and oxygen atoms in total. The van der Waals surface area contributed by atoms with Crippen LogP contribution in [0.15, 0.2) is 72.4 Å². The number of anilines is 1. The van der Waals surface area contributed by atoms with E-state index in [0.717, 1.165) is 22.2 Å². The van der Waals surface area contributed by atoms with Crippen molar-refractivity contribution in [2.24, 2.45) is 0 Å². The van der Waals surface area contributed by atoms with Gasteiger partial charge in [0.1, 0.15) is 0 Å². The van der Waals surface area contributed by atoms with Gasteiger partial charge in [-0.05, 0) is 34.5 Å². The molecule has 1 aliphatic rings. The second kappa shape index (κ2) is 4.60. The highest BCUT2D eigenvalue weighted by atomic mass is 16.1. The van der Waals surface area contributed by atoms with Crippen LogP contribution in [0.1, 0.15) is 15.9 Å². The molecule has 0 radical (unpaired) electrons. The number of nitrogens with one attached hydrogen (secondary N) is 1. The predicted molar refractivity (Wildman–Crippen MR) is 86.3 cm³/mol. The van der Waals surface area contributed by atoms with Gasteiger partial charge in [0.2, 0.25) is 5.78 Å². The van der Waals surface area contributed by atoms with E-state index in [1.807, 2.05) is 54.6 Å². The van der Waals surface area contributed by atoms with Crippen LogP contribution < -0.4 is 5.32 Å². The van der Waals surface area contributed by atoms with Gasteiger partial charge in [-0.1, -0.05) is 54.6 Å². The van der Waals surface area contributed by atoms with Crippen molar-refractivity contribution in [3.05, 3.63) is 83.6 Å². The van der Waals surface area contributed by atoms with Crippen molar-refractivity contribution in [1.82, 2.24) is 0 Å². The van der Waals surface area contributed by atoms with Gasteiger partial charge in [0, 0.05) is 11.3 Å². The van der Waals surface area contributed by atoms with E-state index in [0.29, 0.717) is 5.70 Å². The van der Waals surface area contributed by atoms with Crippen LogP contribution in [-0.2, 0) is 0 Å². The van der Waals surface area contributed by atoms with Crippen LogP contribution in [-0.4, -0.2) is 5.78 Å². The lowest BCUT2D eigenvalue weighted by Crippen LogP contribution is -1.99. The second-order valence-corrected chi connectivity index (χ2v) is 5.13. The molecular weight excluding hydrogens is 258 g/mol. The summed E-state index contributed by atoms with van der Waals surface area (Å²) in [4.78, 5) is 12.4. The Balaban J connectivity index is 1.84. The number of allylic oxidation sites excluding steroid dienone is 1. The third-order valence-electron chi connectivity index (χ3n) is 3.81. The van der Waals surface area contributed by atoms with Gasteiger partial charge < -0.3 is 5.32 Å². The summed E-state index contributed by atoms with van der Waals surface area (Å²) in [5.74, 6) is 0.0542. The molecular formula is C19H13NO. The molecule has 0 spiro atoms. The van der Waals surface area contributed by atoms with Crippen molar-refractivity contribution >= 4 is 28.3 Å². The Hall–Kier alpha value is -2.87. The average Bonchev–Trinajstić information content (AvgIpc) is 2.85. The number of carbonyl (C=O) groups is 1. The van der Waals surface area contributed by atoms with Gasteiger partial charge >= 0.3 is 0 Å². The van der Waals surface area contributed by atoms with Crippen LogP contribution in [0.4, 0.5) is 5.69 Å². The summed E-state index contributed by atoms with van der Waals surface area (Å²) in [6, 6.07) is 21.9. The van der Waals surface area contributed by atoms with Crippen molar-refractivity contribution in [1.29, 1.82) is 0 Å². The molecule has 0 bridgehead atoms. The first-order valence-corrected chi connectivity index (χ1v) is 6.93. The molecule has 0 atom stereocenters. The topological polar surface area (TPSA) is 29.1 Å². The van der Waals surface area contributed by atoms with Crippen molar-refractivity contribution in [3.8, 4) is 0 Å². The number of carbonyl (C=O) groups excluding carboxylic acids is 1. The van der Waals surface area contributed by atoms with Crippen LogP contribution >= 0.6 is 0 Å². The minimum atomic E-state index is 0.0542. The van der Waals surface area contributed by atoms with Crippen LogP contribution in [0.5, 0.6) is 0 Å². The number of Topliss-reactive ketones (excluding diaryl/α,β-unsaturated/α-hetero) is 1. The van der Waals surface area contributed by atoms with Gasteiger partial charge in [-0.2, -0.15) is 0 Å². The van der Waals surface area contributed by atoms with Crippen molar-refractivity contribution in [3.63, 3.8) is 0 Å². The molecule has 1 heterocycles. The van der Waals surface area contributed by atoms with E-state index in [4.69, 9.17) is 0 Å². The minimum absolute atomic E-state index is 0.0542. The Kier molecular flexibility index (Phi) is 2.61. The summed E-state index contributed by atoms with van der Waals surface area (Å²) in [5, 5.41) is 5.54. The first-order chi connectivity index (χ1) is 10.3. The quantitative estimate of drug-likeness (QED) is 0.661. The summed E-state index contributed by atoms with van der Waals surface area (Å²) in [7, 11) is 0. The van der Waals surface area contributed by atoms with Gasteiger partial charge in [0.05, 0.1) is 5.70 Å². The van der Waals surface area contributed by atoms with E-state index in [1.165, 1.54) is 5.39 Å². The molecule has 0 saturated carbocycles. The molecule has 0 amide bonds. The highest BCUT2D eigenvalue weighted by Gasteiger charge is 2.23. The lowest BCUT2D eigenvalue weighted by atomic mass is 10.0. The Bertz CT molecular complexity index is 887. The molecule has 4 rings (SSSR count). The highest BCUT2D eigenvalue weighted by molar-refractivity contribution is 6.21. The maximum atomic E-state index is 12.4. The van der Waals surface area contributed by atoms with E-state index >= 15 is 0 Å². The van der Waals surface area contributed by atoms with E-state index in [1.54, 1.807) is 0 Å². The van der Waals surface area contributed by atoms with Gasteiger partial charge in [0.25, 0.3) is 0 Å². The summed E-state index contributed by atoms with van der Waals surface area (Å²) < 4.78 is 0. The lowest BCUT2D eigenvalue weighted by molar-refractivity contribution is 0.104. The standard InChI is InChI=1S/C19H13NO/c21-19-16-10-3-4-11-17(16)20-18(19)12-14-8-5-7-13-6-1-2-9-15(13)14/h1-12,20H. The fourth-order valence-corrected chi connectivity index (χ4v) is 2.77. The second-order valence-electron chi connectivity index (χ2n) is 5.13. The number of fused-ring (bicyclic) bond motifs is 2. The SMILES string of the molecule is O=C1C(=Cc2cccc3ccccc23)Nc2ccccc21. The molecule has 0 saturated heterocycles. The Morgan fingerprint density at radius 2 is 1.57 bits per heavy atom. The third kappa shape index (κ3) is 1.93. The number of hydrogen-bond donors (Lipinski definition) is 1. The molecule has 1 aliphatic heterocycles. The lowest BCUT2D eigenvalue weighted by Gasteiger charge is -2.03. The van der Waals surface area contributed by atoms with Crippen molar-refractivity contribution < 1.29 is 4.79 Å². The van der Waals surface area contributed by atoms with Gasteiger partial charge in [-0.3, -0.25) is 4.79 Å². The fraction of sp³-hybridized carbons (Fsp3) is 0. The summed E-state index contributed by atoms with van der Waals surface area (Å²) in [6.45, 7) is 0. The summed E-state index contributed by atoms with van der Waals surface area (Å²) >= 11 is 0. The van der Waals surface area contributed by atoms with Crippen molar-refractivity contribution in [2.75, 3.05) is 5.32 Å². The fourth-order valence-electron chi connectivity index (χ4n) is 2.77. The van der Waals surface area contributed by atoms with Crippen molar-refractivity contribution in [2.45, 2.75) is 0 Å². The summed E-state index contributed by atoms with van der Waals surface area (Å²) in [6.07, 6.45) is 1.94. The Morgan fingerprint density at radius 1 is 0.810 bits per heavy atom. The zero-order valence-electron chi connectivity index (χ0n) is 11.3. The smallest absolute Gasteiger partial charge is 0.211 e. The van der Waals surface area contributed by atoms with Crippen LogP contribution in [0.2, 0.25) is 0 Å². The number of ketones is 1. The third-order valence-corrected chi connectivity index (χ3v) is 3.81. The van der Waals surface area contributed by atoms with E-state index < -0.39 is 0 Å². The molecule has 1 N–H and O–H groups in total. The summed E-state index contributed by atoms with van der Waals surface area (Å²) in [5.41, 5.74) is 3.31. The molecule has 3 aromatic rings. The number of para-hydroxylation sites is 1. The predicted octanol–water partition coefficient (Wildman–Crippen LogP) is 4.49. The van der Waals surface area contributed by atoms with Gasteiger partial charge in [-0.25, -0.2) is 0 Å². The molecule has 100 valence electrons. The number of benzene rings is 3. The first-order valence-electron chi connectivity index (χ1n) is 6.93. The Morgan fingerprint density at radius 3 is 2.48 bits per heavy atom. The largest absolute Gasteiger partial charge is 0.352 e. The van der Waals surface area contributed by atoms with E-state index in [9.17, 15) is 4.79 Å². The molecule has 3 aromatic carbocycles. The van der Waals surface area contributed by atoms with Gasteiger partial charge in [0.15, 0.2) is 0 Å². The maximum Gasteiger partial charge on any atom is 0.211 e.